The number of carbonyl (C=O) groups excluding carboxylic acids is 1. The van der Waals surface area contributed by atoms with Gasteiger partial charge >= 0.3 is 6.03 Å². The zero-order chi connectivity index (χ0) is 19.8. The molecule has 2 amide bonds. The minimum Gasteiger partial charge on any atom is -0.466 e. The number of urea groups is 1. The van der Waals surface area contributed by atoms with Crippen molar-refractivity contribution in [2.24, 2.45) is 5.41 Å². The first kappa shape index (κ1) is 20.2. The van der Waals surface area contributed by atoms with Gasteiger partial charge in [0.1, 0.15) is 11.5 Å². The number of hydrogen-bond donors (Lipinski definition) is 2. The highest BCUT2D eigenvalue weighted by molar-refractivity contribution is 7.88. The molecule has 0 bridgehead atoms. The number of aryl methyl sites for hydroxylation is 1. The van der Waals surface area contributed by atoms with E-state index in [9.17, 15) is 13.2 Å². The molecular weight excluding hydrogens is 366 g/mol. The Labute approximate surface area is 161 Å². The lowest BCUT2D eigenvalue weighted by molar-refractivity contribution is 0.143. The van der Waals surface area contributed by atoms with Crippen molar-refractivity contribution >= 4 is 16.1 Å². The highest BCUT2D eigenvalue weighted by Crippen LogP contribution is 2.42. The van der Waals surface area contributed by atoms with E-state index < -0.39 is 10.0 Å². The molecule has 2 N–H and O–H groups in total. The fourth-order valence-electron chi connectivity index (χ4n) is 4.27. The summed E-state index contributed by atoms with van der Waals surface area (Å²) in [6.45, 7) is 7.22. The third-order valence-electron chi connectivity index (χ3n) is 5.50. The van der Waals surface area contributed by atoms with Crippen LogP contribution >= 0.6 is 0 Å². The van der Waals surface area contributed by atoms with Gasteiger partial charge in [-0.05, 0) is 44.1 Å². The summed E-state index contributed by atoms with van der Waals surface area (Å²) in [5, 5.41) is 3.19. The number of piperidine rings is 1. The van der Waals surface area contributed by atoms with Crippen molar-refractivity contribution in [1.29, 1.82) is 0 Å². The molecule has 0 radical (unpaired) electrons. The number of hydrogen-bond acceptors (Lipinski definition) is 4. The zero-order valence-electron chi connectivity index (χ0n) is 16.7. The molecule has 1 aliphatic heterocycles. The number of nitrogens with one attached hydrogen (secondary N) is 2. The van der Waals surface area contributed by atoms with E-state index in [2.05, 4.69) is 23.9 Å². The average Bonchev–Trinajstić information content (AvgIpc) is 2.91. The van der Waals surface area contributed by atoms with Crippen molar-refractivity contribution in [1.82, 2.24) is 14.9 Å². The van der Waals surface area contributed by atoms with Crippen LogP contribution in [-0.2, 0) is 16.4 Å². The SMILES string of the molecule is Cc1cc2c(o1)CC(C)(C)C[C@H]2NC(=O)N1CCCC[C@H]1CNS(C)(=O)=O. The first-order valence-electron chi connectivity index (χ1n) is 9.65. The summed E-state index contributed by atoms with van der Waals surface area (Å²) in [6.07, 6.45) is 5.61. The van der Waals surface area contributed by atoms with Crippen molar-refractivity contribution in [3.63, 3.8) is 0 Å². The van der Waals surface area contributed by atoms with E-state index >= 15 is 0 Å². The van der Waals surface area contributed by atoms with Gasteiger partial charge < -0.3 is 14.6 Å². The topological polar surface area (TPSA) is 91.7 Å². The highest BCUT2D eigenvalue weighted by atomic mass is 32.2. The molecular formula is C19H31N3O4S. The molecule has 8 heteroatoms. The van der Waals surface area contributed by atoms with E-state index in [-0.39, 0.29) is 30.1 Å². The fourth-order valence-corrected chi connectivity index (χ4v) is 4.77. The van der Waals surface area contributed by atoms with Gasteiger partial charge in [-0.3, -0.25) is 0 Å². The first-order valence-corrected chi connectivity index (χ1v) is 11.5. The second kappa shape index (κ2) is 7.47. The van der Waals surface area contributed by atoms with E-state index in [0.29, 0.717) is 6.54 Å². The molecule has 2 atom stereocenters. The smallest absolute Gasteiger partial charge is 0.318 e. The van der Waals surface area contributed by atoms with Gasteiger partial charge in [0.2, 0.25) is 10.0 Å². The Morgan fingerprint density at radius 1 is 1.37 bits per heavy atom. The predicted octanol–water partition coefficient (Wildman–Crippen LogP) is 2.71. The van der Waals surface area contributed by atoms with Crippen LogP contribution in [0.1, 0.15) is 62.7 Å². The number of likely N-dealkylation sites (tertiary alicyclic amines) is 1. The molecule has 152 valence electrons. The molecule has 0 unspecified atom stereocenters. The summed E-state index contributed by atoms with van der Waals surface area (Å²) in [6, 6.07) is 1.70. The van der Waals surface area contributed by atoms with Gasteiger partial charge in [0.15, 0.2) is 0 Å². The highest BCUT2D eigenvalue weighted by Gasteiger charge is 2.37. The molecule has 2 heterocycles. The van der Waals surface area contributed by atoms with Crippen LogP contribution in [0.2, 0.25) is 0 Å². The number of carbonyl (C=O) groups is 1. The van der Waals surface area contributed by atoms with Crippen molar-refractivity contribution < 1.29 is 17.6 Å². The standard InChI is InChI=1S/C19H31N3O4S/c1-13-9-15-16(10-19(2,3)11-17(15)26-13)21-18(23)22-8-6-5-7-14(22)12-20-27(4,24)25/h9,14,16,20H,5-8,10-12H2,1-4H3,(H,21,23)/t14-,16+/m0/s1. The maximum Gasteiger partial charge on any atom is 0.318 e. The summed E-state index contributed by atoms with van der Waals surface area (Å²) >= 11 is 0. The Morgan fingerprint density at radius 2 is 2.11 bits per heavy atom. The fraction of sp³-hybridized carbons (Fsp3) is 0.737. The molecule has 0 saturated carbocycles. The number of amides is 2. The molecule has 1 aromatic heterocycles. The van der Waals surface area contributed by atoms with Gasteiger partial charge in [-0.15, -0.1) is 0 Å². The summed E-state index contributed by atoms with van der Waals surface area (Å²) in [7, 11) is -3.27. The van der Waals surface area contributed by atoms with Gasteiger partial charge in [0, 0.05) is 31.1 Å². The Hall–Kier alpha value is -1.54. The quantitative estimate of drug-likeness (QED) is 0.817. The molecule has 3 rings (SSSR count). The van der Waals surface area contributed by atoms with Gasteiger partial charge in [0.05, 0.1) is 12.3 Å². The zero-order valence-corrected chi connectivity index (χ0v) is 17.5. The monoisotopic (exact) mass is 397 g/mol. The number of nitrogens with zero attached hydrogens (tertiary/aromatic N) is 1. The van der Waals surface area contributed by atoms with Gasteiger partial charge in [-0.1, -0.05) is 13.8 Å². The third-order valence-corrected chi connectivity index (χ3v) is 6.19. The Bertz CT molecular complexity index is 800. The normalized spacial score (nSPS) is 25.1. The maximum absolute atomic E-state index is 13.0. The maximum atomic E-state index is 13.0. The van der Waals surface area contributed by atoms with Crippen LogP contribution < -0.4 is 10.0 Å². The van der Waals surface area contributed by atoms with Crippen molar-refractivity contribution in [2.45, 2.75) is 65.0 Å². The van der Waals surface area contributed by atoms with Crippen LogP contribution in [0, 0.1) is 12.3 Å². The van der Waals surface area contributed by atoms with Crippen molar-refractivity contribution in [3.05, 3.63) is 23.2 Å². The summed E-state index contributed by atoms with van der Waals surface area (Å²) in [5.41, 5.74) is 1.12. The minimum atomic E-state index is -3.27. The van der Waals surface area contributed by atoms with Crippen molar-refractivity contribution in [2.75, 3.05) is 19.3 Å². The van der Waals surface area contributed by atoms with Gasteiger partial charge in [0.25, 0.3) is 0 Å². The molecule has 0 aromatic carbocycles. The van der Waals surface area contributed by atoms with Crippen LogP contribution in [0.5, 0.6) is 0 Å². The molecule has 1 aromatic rings. The molecule has 1 aliphatic carbocycles. The first-order chi connectivity index (χ1) is 12.5. The van der Waals surface area contributed by atoms with Crippen LogP contribution in [0.15, 0.2) is 10.5 Å². The Morgan fingerprint density at radius 3 is 2.81 bits per heavy atom. The molecule has 1 fully saturated rings. The van der Waals surface area contributed by atoms with Crippen molar-refractivity contribution in [3.8, 4) is 0 Å². The number of furan rings is 1. The summed E-state index contributed by atoms with van der Waals surface area (Å²) < 4.78 is 31.3. The van der Waals surface area contributed by atoms with Crippen LogP contribution in [0.4, 0.5) is 4.79 Å². The Balaban J connectivity index is 1.73. The van der Waals surface area contributed by atoms with E-state index in [4.69, 9.17) is 4.42 Å². The molecule has 2 aliphatic rings. The van der Waals surface area contributed by atoms with E-state index in [1.165, 1.54) is 0 Å². The van der Waals surface area contributed by atoms with Gasteiger partial charge in [-0.2, -0.15) is 0 Å². The second-order valence-electron chi connectivity index (χ2n) is 8.75. The second-order valence-corrected chi connectivity index (χ2v) is 10.6. The van der Waals surface area contributed by atoms with Crippen LogP contribution in [0.25, 0.3) is 0 Å². The number of rotatable bonds is 4. The van der Waals surface area contributed by atoms with Crippen LogP contribution in [0.3, 0.4) is 0 Å². The van der Waals surface area contributed by atoms with E-state index in [0.717, 1.165) is 55.4 Å². The molecule has 27 heavy (non-hydrogen) atoms. The van der Waals surface area contributed by atoms with E-state index in [1.807, 2.05) is 13.0 Å². The molecule has 1 saturated heterocycles. The number of fused-ring (bicyclic) bond motifs is 1. The Kier molecular flexibility index (Phi) is 5.59. The average molecular weight is 398 g/mol. The third kappa shape index (κ3) is 5.04. The molecule has 7 nitrogen and oxygen atoms in total. The van der Waals surface area contributed by atoms with E-state index in [1.54, 1.807) is 4.90 Å². The lowest BCUT2D eigenvalue weighted by Crippen LogP contribution is -2.53. The lowest BCUT2D eigenvalue weighted by atomic mass is 9.75. The largest absolute Gasteiger partial charge is 0.466 e. The number of sulfonamides is 1. The summed E-state index contributed by atoms with van der Waals surface area (Å²) in [5.74, 6) is 1.83. The molecule has 0 spiro atoms. The lowest BCUT2D eigenvalue weighted by Gasteiger charge is -2.39. The van der Waals surface area contributed by atoms with Crippen LogP contribution in [-0.4, -0.2) is 44.7 Å². The van der Waals surface area contributed by atoms with Gasteiger partial charge in [-0.25, -0.2) is 17.9 Å². The predicted molar refractivity (Wildman–Crippen MR) is 104 cm³/mol. The minimum absolute atomic E-state index is 0.0500. The summed E-state index contributed by atoms with van der Waals surface area (Å²) in [4.78, 5) is 14.8.